The predicted octanol–water partition coefficient (Wildman–Crippen LogP) is 4.74. The van der Waals surface area contributed by atoms with Gasteiger partial charge < -0.3 is 4.74 Å². The second-order valence-corrected chi connectivity index (χ2v) is 6.64. The minimum absolute atomic E-state index is 0.0466. The SMILES string of the molecule is O=C(NN1C(=O)c2c(Cl)c(Cl)c(Cl)c(Cl)c2C1=O)OCc1ccccc1. The van der Waals surface area contributed by atoms with Crippen LogP contribution in [-0.4, -0.2) is 22.9 Å². The van der Waals surface area contributed by atoms with Crippen molar-refractivity contribution >= 4 is 64.3 Å². The van der Waals surface area contributed by atoms with Crippen molar-refractivity contribution < 1.29 is 19.1 Å². The fraction of sp³-hybridized carbons (Fsp3) is 0.0625. The molecule has 1 aliphatic rings. The van der Waals surface area contributed by atoms with Crippen LogP contribution in [0.3, 0.4) is 0 Å². The van der Waals surface area contributed by atoms with Crippen LogP contribution in [0.1, 0.15) is 26.3 Å². The van der Waals surface area contributed by atoms with Crippen LogP contribution < -0.4 is 5.43 Å². The Bertz CT molecular complexity index is 887. The van der Waals surface area contributed by atoms with Gasteiger partial charge in [-0.15, -0.1) is 0 Å². The van der Waals surface area contributed by atoms with E-state index >= 15 is 0 Å². The molecule has 0 saturated heterocycles. The van der Waals surface area contributed by atoms with Gasteiger partial charge in [0.1, 0.15) is 6.61 Å². The molecule has 0 aliphatic carbocycles. The van der Waals surface area contributed by atoms with Crippen LogP contribution in [0, 0.1) is 0 Å². The standard InChI is InChI=1S/C16H8Cl4N2O4/c17-10-8-9(11(18)13(20)12(10)19)15(24)22(14(8)23)21-16(25)26-6-7-4-2-1-3-5-7/h1-5H,6H2,(H,21,25). The van der Waals surface area contributed by atoms with Crippen LogP contribution in [0.25, 0.3) is 0 Å². The van der Waals surface area contributed by atoms with Crippen LogP contribution in [0.2, 0.25) is 20.1 Å². The number of imide groups is 1. The van der Waals surface area contributed by atoms with Gasteiger partial charge in [-0.1, -0.05) is 76.7 Å². The van der Waals surface area contributed by atoms with Crippen molar-refractivity contribution in [3.63, 3.8) is 0 Å². The summed E-state index contributed by atoms with van der Waals surface area (Å²) in [6.45, 7) is -0.0466. The molecule has 1 heterocycles. The molecule has 3 rings (SSSR count). The van der Waals surface area contributed by atoms with Gasteiger partial charge in [0.15, 0.2) is 0 Å². The lowest BCUT2D eigenvalue weighted by Crippen LogP contribution is -2.46. The van der Waals surface area contributed by atoms with Crippen LogP contribution in [0.4, 0.5) is 4.79 Å². The van der Waals surface area contributed by atoms with Crippen molar-refractivity contribution in [1.29, 1.82) is 0 Å². The van der Waals surface area contributed by atoms with Crippen molar-refractivity contribution in [2.45, 2.75) is 6.61 Å². The topological polar surface area (TPSA) is 75.7 Å². The van der Waals surface area contributed by atoms with Gasteiger partial charge in [-0.05, 0) is 5.56 Å². The normalized spacial score (nSPS) is 13.0. The van der Waals surface area contributed by atoms with Crippen LogP contribution >= 0.6 is 46.4 Å². The Balaban J connectivity index is 1.79. The van der Waals surface area contributed by atoms with Gasteiger partial charge in [-0.3, -0.25) is 9.59 Å². The number of fused-ring (bicyclic) bond motifs is 1. The second-order valence-electron chi connectivity index (χ2n) is 5.13. The molecule has 0 aromatic heterocycles. The summed E-state index contributed by atoms with van der Waals surface area (Å²) < 4.78 is 4.98. The molecule has 2 aromatic rings. The molecular formula is C16H8Cl4N2O4. The third kappa shape index (κ3) is 3.21. The molecule has 10 heteroatoms. The number of halogens is 4. The number of nitrogens with zero attached hydrogens (tertiary/aromatic N) is 1. The number of benzene rings is 2. The summed E-state index contributed by atoms with van der Waals surface area (Å²) in [5.74, 6) is -1.79. The first-order chi connectivity index (χ1) is 12.3. The van der Waals surface area contributed by atoms with Crippen molar-refractivity contribution in [3.8, 4) is 0 Å². The first-order valence-corrected chi connectivity index (χ1v) is 8.56. The summed E-state index contributed by atoms with van der Waals surface area (Å²) in [5, 5.41) is -0.325. The van der Waals surface area contributed by atoms with E-state index in [1.165, 1.54) is 0 Å². The Morgan fingerprint density at radius 1 is 0.885 bits per heavy atom. The molecular weight excluding hydrogens is 426 g/mol. The van der Waals surface area contributed by atoms with Crippen molar-refractivity contribution in [2.24, 2.45) is 0 Å². The van der Waals surface area contributed by atoms with E-state index < -0.39 is 17.9 Å². The van der Waals surface area contributed by atoms with Gasteiger partial charge in [-0.2, -0.15) is 5.01 Å². The molecule has 26 heavy (non-hydrogen) atoms. The summed E-state index contributed by atoms with van der Waals surface area (Å²) in [4.78, 5) is 36.8. The van der Waals surface area contributed by atoms with E-state index in [1.807, 2.05) is 6.07 Å². The molecule has 3 amide bonds. The van der Waals surface area contributed by atoms with E-state index in [2.05, 4.69) is 5.43 Å². The lowest BCUT2D eigenvalue weighted by Gasteiger charge is -2.15. The lowest BCUT2D eigenvalue weighted by molar-refractivity contribution is 0.0521. The summed E-state index contributed by atoms with van der Waals surface area (Å²) >= 11 is 23.8. The number of hydrazine groups is 1. The molecule has 0 atom stereocenters. The third-order valence-electron chi connectivity index (χ3n) is 3.52. The second kappa shape index (κ2) is 7.32. The third-order valence-corrected chi connectivity index (χ3v) is 5.32. The molecule has 1 N–H and O–H groups in total. The Hall–Kier alpha value is -1.99. The van der Waals surface area contributed by atoms with Crippen LogP contribution in [-0.2, 0) is 11.3 Å². The average molecular weight is 434 g/mol. The summed E-state index contributed by atoms with van der Waals surface area (Å²) in [6, 6.07) is 8.86. The van der Waals surface area contributed by atoms with E-state index in [1.54, 1.807) is 24.3 Å². The van der Waals surface area contributed by atoms with Crippen molar-refractivity contribution in [1.82, 2.24) is 10.4 Å². The monoisotopic (exact) mass is 432 g/mol. The first-order valence-electron chi connectivity index (χ1n) is 7.05. The predicted molar refractivity (Wildman–Crippen MR) is 96.7 cm³/mol. The van der Waals surface area contributed by atoms with Crippen LogP contribution in [0.5, 0.6) is 0 Å². The number of amides is 3. The Morgan fingerprint density at radius 3 is 1.88 bits per heavy atom. The average Bonchev–Trinajstić information content (AvgIpc) is 2.88. The largest absolute Gasteiger partial charge is 0.443 e. The molecule has 1 aliphatic heterocycles. The first kappa shape index (κ1) is 18.8. The molecule has 0 spiro atoms. The minimum Gasteiger partial charge on any atom is -0.443 e. The lowest BCUT2D eigenvalue weighted by atomic mass is 10.1. The van der Waals surface area contributed by atoms with Gasteiger partial charge in [0, 0.05) is 0 Å². The molecule has 2 aromatic carbocycles. The fourth-order valence-electron chi connectivity index (χ4n) is 2.30. The van der Waals surface area contributed by atoms with Gasteiger partial charge in [0.05, 0.1) is 31.2 Å². The molecule has 0 radical (unpaired) electrons. The maximum atomic E-state index is 12.4. The van der Waals surface area contributed by atoms with E-state index in [0.717, 1.165) is 5.56 Å². The fourth-order valence-corrected chi connectivity index (χ4v) is 3.31. The van der Waals surface area contributed by atoms with Gasteiger partial charge in [0.25, 0.3) is 11.8 Å². The highest BCUT2D eigenvalue weighted by Gasteiger charge is 2.42. The number of nitrogens with one attached hydrogen (secondary N) is 1. The molecule has 0 saturated carbocycles. The number of hydrogen-bond donors (Lipinski definition) is 1. The number of carbonyl (C=O) groups is 3. The molecule has 0 unspecified atom stereocenters. The maximum absolute atomic E-state index is 12.4. The van der Waals surface area contributed by atoms with Crippen molar-refractivity contribution in [3.05, 3.63) is 67.1 Å². The van der Waals surface area contributed by atoms with E-state index in [4.69, 9.17) is 51.1 Å². The van der Waals surface area contributed by atoms with Gasteiger partial charge in [0.2, 0.25) is 0 Å². The smallest absolute Gasteiger partial charge is 0.426 e. The maximum Gasteiger partial charge on any atom is 0.426 e. The summed E-state index contributed by atoms with van der Waals surface area (Å²) in [7, 11) is 0. The molecule has 134 valence electrons. The Morgan fingerprint density at radius 2 is 1.38 bits per heavy atom. The van der Waals surface area contributed by atoms with E-state index in [0.29, 0.717) is 5.01 Å². The zero-order valence-electron chi connectivity index (χ0n) is 12.7. The van der Waals surface area contributed by atoms with E-state index in [-0.39, 0.29) is 37.8 Å². The van der Waals surface area contributed by atoms with Gasteiger partial charge in [-0.25, -0.2) is 10.2 Å². The number of ether oxygens (including phenoxy) is 1. The number of rotatable bonds is 3. The molecule has 6 nitrogen and oxygen atoms in total. The molecule has 0 fully saturated rings. The minimum atomic E-state index is -1.01. The highest BCUT2D eigenvalue weighted by Crippen LogP contribution is 2.44. The summed E-state index contributed by atoms with van der Waals surface area (Å²) in [5.41, 5.74) is 2.32. The Kier molecular flexibility index (Phi) is 5.29. The summed E-state index contributed by atoms with van der Waals surface area (Å²) in [6.07, 6.45) is -1.01. The number of hydrogen-bond acceptors (Lipinski definition) is 4. The molecule has 0 bridgehead atoms. The number of carbonyl (C=O) groups excluding carboxylic acids is 3. The Labute approximate surface area is 167 Å². The highest BCUT2D eigenvalue weighted by atomic mass is 35.5. The zero-order valence-corrected chi connectivity index (χ0v) is 15.7. The van der Waals surface area contributed by atoms with Gasteiger partial charge >= 0.3 is 6.09 Å². The van der Waals surface area contributed by atoms with E-state index in [9.17, 15) is 14.4 Å². The van der Waals surface area contributed by atoms with Crippen LogP contribution in [0.15, 0.2) is 30.3 Å². The highest BCUT2D eigenvalue weighted by molar-refractivity contribution is 6.55. The zero-order chi connectivity index (χ0) is 19.0. The van der Waals surface area contributed by atoms with Crippen molar-refractivity contribution in [2.75, 3.05) is 0 Å². The quantitative estimate of drug-likeness (QED) is 0.431.